The second kappa shape index (κ2) is 10.3. The fraction of sp³-hybridized carbons (Fsp3) is 0.318. The minimum absolute atomic E-state index is 0.00166. The molecule has 2 aromatic rings. The molecule has 0 bridgehead atoms. The molecule has 2 amide bonds. The third kappa shape index (κ3) is 5.63. The Kier molecular flexibility index (Phi) is 7.45. The number of hydrazine groups is 1. The van der Waals surface area contributed by atoms with E-state index in [1.807, 2.05) is 37.3 Å². The summed E-state index contributed by atoms with van der Waals surface area (Å²) in [7, 11) is -3.81. The van der Waals surface area contributed by atoms with E-state index < -0.39 is 21.8 Å². The molecule has 0 aromatic heterocycles. The summed E-state index contributed by atoms with van der Waals surface area (Å²) in [6.07, 6.45) is 0.633. The largest absolute Gasteiger partial charge is 0.376 e. The van der Waals surface area contributed by atoms with Crippen LogP contribution in [0.4, 0.5) is 5.69 Å². The van der Waals surface area contributed by atoms with Gasteiger partial charge >= 0.3 is 0 Å². The fourth-order valence-corrected chi connectivity index (χ4v) is 5.02. The summed E-state index contributed by atoms with van der Waals surface area (Å²) in [6, 6.07) is 15.5. The number of aryl methyl sites for hydroxylation is 1. The topological polar surface area (TPSA) is 131 Å². The van der Waals surface area contributed by atoms with Crippen molar-refractivity contribution in [2.75, 3.05) is 25.0 Å². The maximum absolute atomic E-state index is 12.9. The van der Waals surface area contributed by atoms with E-state index in [0.29, 0.717) is 12.8 Å². The number of benzene rings is 2. The van der Waals surface area contributed by atoms with Gasteiger partial charge in [-0.25, -0.2) is 8.42 Å². The van der Waals surface area contributed by atoms with Gasteiger partial charge in [0.2, 0.25) is 15.9 Å². The van der Waals surface area contributed by atoms with Crippen molar-refractivity contribution in [1.82, 2.24) is 15.2 Å². The zero-order valence-electron chi connectivity index (χ0n) is 17.7. The van der Waals surface area contributed by atoms with Crippen LogP contribution in [0.5, 0.6) is 0 Å². The van der Waals surface area contributed by atoms with Crippen LogP contribution in [0.25, 0.3) is 0 Å². The maximum Gasteiger partial charge on any atom is 0.257 e. The second-order valence-electron chi connectivity index (χ2n) is 7.54. The number of rotatable bonds is 6. The van der Waals surface area contributed by atoms with Gasteiger partial charge in [0.25, 0.3) is 5.91 Å². The third-order valence-corrected chi connectivity index (χ3v) is 7.24. The van der Waals surface area contributed by atoms with Gasteiger partial charge in [-0.1, -0.05) is 29.8 Å². The molecule has 1 heterocycles. The third-order valence-electron chi connectivity index (χ3n) is 5.28. The van der Waals surface area contributed by atoms with E-state index in [0.717, 1.165) is 11.3 Å². The number of carbonyl (C=O) groups excluding carboxylic acids is 2. The van der Waals surface area contributed by atoms with Crippen LogP contribution in [-0.2, 0) is 19.6 Å². The zero-order valence-corrected chi connectivity index (χ0v) is 18.5. The van der Waals surface area contributed by atoms with Crippen molar-refractivity contribution in [3.05, 3.63) is 59.7 Å². The van der Waals surface area contributed by atoms with Gasteiger partial charge in [-0.05, 0) is 44.0 Å². The second-order valence-corrected chi connectivity index (χ2v) is 9.45. The monoisotopic (exact) mass is 455 g/mol. The van der Waals surface area contributed by atoms with Crippen LogP contribution in [0.2, 0.25) is 0 Å². The molecule has 1 saturated heterocycles. The van der Waals surface area contributed by atoms with E-state index in [4.69, 9.17) is 0 Å². The highest BCUT2D eigenvalue weighted by Crippen LogP contribution is 2.25. The first-order valence-corrected chi connectivity index (χ1v) is 11.6. The lowest BCUT2D eigenvalue weighted by Gasteiger charge is -2.30. The van der Waals surface area contributed by atoms with Gasteiger partial charge in [-0.15, -0.1) is 0 Å². The molecule has 10 heteroatoms. The van der Waals surface area contributed by atoms with Crippen molar-refractivity contribution in [2.24, 2.45) is 5.92 Å². The molecule has 0 unspecified atom stereocenters. The Hall–Kier alpha value is -3.42. The van der Waals surface area contributed by atoms with Crippen LogP contribution >= 0.6 is 0 Å². The standard InChI is InChI=1S/C22H25N5O4S/c1-16-6-8-19(9-7-16)24-15-21(28)25-26-22(29)17-10-12-27(13-11-17)32(30,31)20-5-3-2-4-18(20)14-23/h2-9,17,24H,10-13,15H2,1H3,(H,25,28)(H,26,29). The van der Waals surface area contributed by atoms with E-state index in [2.05, 4.69) is 16.2 Å². The van der Waals surface area contributed by atoms with Gasteiger partial charge in [0.15, 0.2) is 0 Å². The first kappa shape index (κ1) is 23.2. The molecule has 1 aliphatic heterocycles. The molecule has 0 radical (unpaired) electrons. The van der Waals surface area contributed by atoms with Crippen molar-refractivity contribution in [3.63, 3.8) is 0 Å². The molecule has 0 saturated carbocycles. The average molecular weight is 456 g/mol. The summed E-state index contributed by atoms with van der Waals surface area (Å²) in [4.78, 5) is 24.3. The zero-order chi connectivity index (χ0) is 23.1. The van der Waals surface area contributed by atoms with Gasteiger partial charge in [0, 0.05) is 24.7 Å². The number of sulfonamides is 1. The quantitative estimate of drug-likeness (QED) is 0.566. The number of nitrogens with zero attached hydrogens (tertiary/aromatic N) is 2. The summed E-state index contributed by atoms with van der Waals surface area (Å²) < 4.78 is 27.0. The molecule has 1 aliphatic rings. The van der Waals surface area contributed by atoms with Gasteiger partial charge in [-0.3, -0.25) is 20.4 Å². The number of piperidine rings is 1. The number of nitriles is 1. The fourth-order valence-electron chi connectivity index (χ4n) is 3.41. The van der Waals surface area contributed by atoms with Gasteiger partial charge in [-0.2, -0.15) is 9.57 Å². The number of hydrogen-bond acceptors (Lipinski definition) is 6. The summed E-state index contributed by atoms with van der Waals surface area (Å²) in [5, 5.41) is 12.2. The summed E-state index contributed by atoms with van der Waals surface area (Å²) in [5.74, 6) is -1.17. The van der Waals surface area contributed by atoms with E-state index in [-0.39, 0.29) is 36.0 Å². The van der Waals surface area contributed by atoms with E-state index in [1.54, 1.807) is 12.1 Å². The number of anilines is 1. The molecular weight excluding hydrogens is 430 g/mol. The average Bonchev–Trinajstić information content (AvgIpc) is 2.82. The van der Waals surface area contributed by atoms with Crippen molar-refractivity contribution in [1.29, 1.82) is 5.26 Å². The lowest BCUT2D eigenvalue weighted by atomic mass is 9.98. The molecule has 1 fully saturated rings. The van der Waals surface area contributed by atoms with Crippen molar-refractivity contribution < 1.29 is 18.0 Å². The molecule has 168 valence electrons. The predicted molar refractivity (Wildman–Crippen MR) is 119 cm³/mol. The molecule has 9 nitrogen and oxygen atoms in total. The van der Waals surface area contributed by atoms with Gasteiger partial charge in [0.1, 0.15) is 6.07 Å². The highest BCUT2D eigenvalue weighted by Gasteiger charge is 2.33. The molecular formula is C22H25N5O4S. The highest BCUT2D eigenvalue weighted by molar-refractivity contribution is 7.89. The SMILES string of the molecule is Cc1ccc(NCC(=O)NNC(=O)C2CCN(S(=O)(=O)c3ccccc3C#N)CC2)cc1. The van der Waals surface area contributed by atoms with E-state index in [1.165, 1.54) is 16.4 Å². The van der Waals surface area contributed by atoms with E-state index >= 15 is 0 Å². The summed E-state index contributed by atoms with van der Waals surface area (Å²) in [6.45, 7) is 2.28. The molecule has 3 rings (SSSR count). The maximum atomic E-state index is 12.9. The molecule has 2 aromatic carbocycles. The lowest BCUT2D eigenvalue weighted by molar-refractivity contribution is -0.131. The smallest absolute Gasteiger partial charge is 0.257 e. The van der Waals surface area contributed by atoms with Gasteiger partial charge < -0.3 is 5.32 Å². The van der Waals surface area contributed by atoms with Crippen LogP contribution < -0.4 is 16.2 Å². The first-order chi connectivity index (χ1) is 15.3. The Morgan fingerprint density at radius 3 is 2.38 bits per heavy atom. The predicted octanol–water partition coefficient (Wildman–Crippen LogP) is 1.53. The number of nitrogens with one attached hydrogen (secondary N) is 3. The molecule has 0 atom stereocenters. The minimum atomic E-state index is -3.81. The van der Waals surface area contributed by atoms with Crippen LogP contribution in [0.3, 0.4) is 0 Å². The molecule has 3 N–H and O–H groups in total. The van der Waals surface area contributed by atoms with Crippen molar-refractivity contribution >= 4 is 27.5 Å². The van der Waals surface area contributed by atoms with Crippen LogP contribution in [0, 0.1) is 24.2 Å². The van der Waals surface area contributed by atoms with Crippen molar-refractivity contribution in [3.8, 4) is 6.07 Å². The number of amides is 2. The first-order valence-electron chi connectivity index (χ1n) is 10.2. The Morgan fingerprint density at radius 2 is 1.72 bits per heavy atom. The van der Waals surface area contributed by atoms with Crippen LogP contribution in [-0.4, -0.2) is 44.2 Å². The normalized spacial score (nSPS) is 14.9. The van der Waals surface area contributed by atoms with Crippen LogP contribution in [0.1, 0.15) is 24.0 Å². The van der Waals surface area contributed by atoms with E-state index in [9.17, 15) is 23.3 Å². The minimum Gasteiger partial charge on any atom is -0.376 e. The number of carbonyl (C=O) groups is 2. The molecule has 32 heavy (non-hydrogen) atoms. The molecule has 0 spiro atoms. The van der Waals surface area contributed by atoms with Crippen LogP contribution in [0.15, 0.2) is 53.4 Å². The van der Waals surface area contributed by atoms with Gasteiger partial charge in [0.05, 0.1) is 17.0 Å². The Morgan fingerprint density at radius 1 is 1.06 bits per heavy atom. The number of hydrogen-bond donors (Lipinski definition) is 3. The highest BCUT2D eigenvalue weighted by atomic mass is 32.2. The van der Waals surface area contributed by atoms with Crippen molar-refractivity contribution in [2.45, 2.75) is 24.7 Å². The Balaban J connectivity index is 1.46. The summed E-state index contributed by atoms with van der Waals surface area (Å²) in [5.41, 5.74) is 6.78. The summed E-state index contributed by atoms with van der Waals surface area (Å²) >= 11 is 0. The Bertz CT molecular complexity index is 1120. The Labute approximate surface area is 187 Å². The molecule has 0 aliphatic carbocycles. The lowest BCUT2D eigenvalue weighted by Crippen LogP contribution is -2.49.